The third-order valence-electron chi connectivity index (χ3n) is 3.48. The number of aromatic nitrogens is 2. The fourth-order valence-electron chi connectivity index (χ4n) is 1.89. The molecule has 6 heteroatoms. The Balaban J connectivity index is 1.70. The fourth-order valence-corrected chi connectivity index (χ4v) is 2.56. The lowest BCUT2D eigenvalue weighted by molar-refractivity contribution is -0.137. The Bertz CT molecular complexity index is 441. The van der Waals surface area contributed by atoms with Gasteiger partial charge in [0.2, 0.25) is 5.13 Å². The Morgan fingerprint density at radius 3 is 2.84 bits per heavy atom. The van der Waals surface area contributed by atoms with E-state index in [0.717, 1.165) is 23.9 Å². The highest BCUT2D eigenvalue weighted by Crippen LogP contribution is 2.39. The first-order valence-electron chi connectivity index (χ1n) is 6.75. The van der Waals surface area contributed by atoms with Crippen molar-refractivity contribution >= 4 is 22.6 Å². The molecule has 2 rings (SSSR count). The van der Waals surface area contributed by atoms with E-state index in [0.29, 0.717) is 12.3 Å². The molecular weight excluding hydrogens is 262 g/mol. The molecule has 1 heterocycles. The molecule has 0 amide bonds. The molecule has 0 bridgehead atoms. The van der Waals surface area contributed by atoms with E-state index in [2.05, 4.69) is 28.5 Å². The molecule has 0 aliphatic heterocycles. The van der Waals surface area contributed by atoms with Gasteiger partial charge in [-0.15, -0.1) is 0 Å². The van der Waals surface area contributed by atoms with E-state index in [1.54, 1.807) is 0 Å². The number of rotatable bonds is 8. The molecule has 1 aliphatic rings. The number of hydrogen-bond donors (Lipinski definition) is 2. The molecule has 1 saturated carbocycles. The van der Waals surface area contributed by atoms with E-state index in [-0.39, 0.29) is 11.8 Å². The summed E-state index contributed by atoms with van der Waals surface area (Å²) in [6.07, 6.45) is 4.31. The summed E-state index contributed by atoms with van der Waals surface area (Å²) in [6, 6.07) is 0. The minimum Gasteiger partial charge on any atom is -0.481 e. The van der Waals surface area contributed by atoms with Crippen LogP contribution in [0.2, 0.25) is 0 Å². The highest BCUT2D eigenvalue weighted by atomic mass is 32.1. The van der Waals surface area contributed by atoms with Crippen LogP contribution >= 0.6 is 11.5 Å². The van der Waals surface area contributed by atoms with Crippen LogP contribution < -0.4 is 5.32 Å². The van der Waals surface area contributed by atoms with Crippen molar-refractivity contribution in [1.29, 1.82) is 0 Å². The molecule has 0 radical (unpaired) electrons. The second-order valence-electron chi connectivity index (χ2n) is 5.97. The molecular formula is C13H21N3O2S. The summed E-state index contributed by atoms with van der Waals surface area (Å²) in [5, 5.41) is 12.9. The second kappa shape index (κ2) is 5.86. The van der Waals surface area contributed by atoms with Gasteiger partial charge in [-0.25, -0.2) is 4.98 Å². The van der Waals surface area contributed by atoms with E-state index < -0.39 is 5.97 Å². The number of carbonyl (C=O) groups is 1. The zero-order chi connectivity index (χ0) is 13.9. The molecule has 1 fully saturated rings. The van der Waals surface area contributed by atoms with Gasteiger partial charge in [0.05, 0.1) is 0 Å². The molecule has 0 spiro atoms. The zero-order valence-corrected chi connectivity index (χ0v) is 12.3. The molecule has 0 atom stereocenters. The standard InChI is InChI=1S/C13H21N3O2S/c1-13(2,6-5-10(17)18)7-8-14-12-15-11(16-19-12)9-3-4-9/h9H,3-8H2,1-2H3,(H,17,18)(H,14,15,16). The summed E-state index contributed by atoms with van der Waals surface area (Å²) >= 11 is 1.42. The Morgan fingerprint density at radius 2 is 2.21 bits per heavy atom. The maximum absolute atomic E-state index is 10.6. The lowest BCUT2D eigenvalue weighted by atomic mass is 9.84. The molecule has 1 aliphatic carbocycles. The van der Waals surface area contributed by atoms with Crippen molar-refractivity contribution in [1.82, 2.24) is 9.36 Å². The number of aliphatic carboxylic acids is 1. The van der Waals surface area contributed by atoms with Gasteiger partial charge >= 0.3 is 5.97 Å². The van der Waals surface area contributed by atoms with Crippen molar-refractivity contribution in [2.24, 2.45) is 5.41 Å². The highest BCUT2D eigenvalue weighted by Gasteiger charge is 2.27. The smallest absolute Gasteiger partial charge is 0.303 e. The average molecular weight is 283 g/mol. The maximum Gasteiger partial charge on any atom is 0.303 e. The predicted octanol–water partition coefficient (Wildman–Crippen LogP) is 3.11. The van der Waals surface area contributed by atoms with E-state index in [1.165, 1.54) is 24.4 Å². The van der Waals surface area contributed by atoms with Crippen LogP contribution in [0.15, 0.2) is 0 Å². The van der Waals surface area contributed by atoms with Crippen molar-refractivity contribution < 1.29 is 9.90 Å². The Kier molecular flexibility index (Phi) is 4.39. The minimum atomic E-state index is -0.723. The number of carboxylic acid groups (broad SMARTS) is 1. The summed E-state index contributed by atoms with van der Waals surface area (Å²) in [7, 11) is 0. The summed E-state index contributed by atoms with van der Waals surface area (Å²) < 4.78 is 4.34. The molecule has 1 aromatic heterocycles. The number of anilines is 1. The lowest BCUT2D eigenvalue weighted by Crippen LogP contribution is -2.18. The van der Waals surface area contributed by atoms with Gasteiger partial charge in [0.15, 0.2) is 0 Å². The van der Waals surface area contributed by atoms with Gasteiger partial charge < -0.3 is 10.4 Å². The van der Waals surface area contributed by atoms with Crippen LogP contribution in [-0.4, -0.2) is 27.0 Å². The number of nitrogens with one attached hydrogen (secondary N) is 1. The highest BCUT2D eigenvalue weighted by molar-refractivity contribution is 7.09. The minimum absolute atomic E-state index is 0.0371. The van der Waals surface area contributed by atoms with Crippen molar-refractivity contribution in [2.75, 3.05) is 11.9 Å². The number of hydrogen-bond acceptors (Lipinski definition) is 5. The molecule has 5 nitrogen and oxygen atoms in total. The summed E-state index contributed by atoms with van der Waals surface area (Å²) in [5.41, 5.74) is 0.0371. The SMILES string of the molecule is CC(C)(CCNc1nc(C2CC2)ns1)CCC(=O)O. The molecule has 0 unspecified atom stereocenters. The van der Waals surface area contributed by atoms with Crippen LogP contribution in [0.5, 0.6) is 0 Å². The van der Waals surface area contributed by atoms with Crippen molar-refractivity contribution in [3.63, 3.8) is 0 Å². The predicted molar refractivity (Wildman–Crippen MR) is 75.6 cm³/mol. The first-order valence-corrected chi connectivity index (χ1v) is 7.53. The van der Waals surface area contributed by atoms with E-state index in [4.69, 9.17) is 5.11 Å². The Morgan fingerprint density at radius 1 is 1.47 bits per heavy atom. The van der Waals surface area contributed by atoms with E-state index in [9.17, 15) is 4.79 Å². The van der Waals surface area contributed by atoms with E-state index >= 15 is 0 Å². The van der Waals surface area contributed by atoms with E-state index in [1.807, 2.05) is 0 Å². The van der Waals surface area contributed by atoms with Crippen LogP contribution in [0.4, 0.5) is 5.13 Å². The van der Waals surface area contributed by atoms with Gasteiger partial charge in [-0.2, -0.15) is 4.37 Å². The topological polar surface area (TPSA) is 75.1 Å². The van der Waals surface area contributed by atoms with Gasteiger partial charge in [0.1, 0.15) is 5.82 Å². The zero-order valence-electron chi connectivity index (χ0n) is 11.5. The quantitative estimate of drug-likeness (QED) is 0.766. The Hall–Kier alpha value is -1.17. The molecule has 0 aromatic carbocycles. The van der Waals surface area contributed by atoms with Gasteiger partial charge in [0, 0.05) is 30.4 Å². The normalized spacial score (nSPS) is 15.5. The van der Waals surface area contributed by atoms with Crippen LogP contribution in [-0.2, 0) is 4.79 Å². The number of carboxylic acids is 1. The molecule has 19 heavy (non-hydrogen) atoms. The van der Waals surface area contributed by atoms with Crippen molar-refractivity contribution in [3.8, 4) is 0 Å². The first-order chi connectivity index (χ1) is 8.96. The summed E-state index contributed by atoms with van der Waals surface area (Å²) in [5.74, 6) is 0.857. The Labute approximate surface area is 117 Å². The van der Waals surface area contributed by atoms with Gasteiger partial charge in [-0.3, -0.25) is 4.79 Å². The van der Waals surface area contributed by atoms with Gasteiger partial charge in [-0.1, -0.05) is 13.8 Å². The van der Waals surface area contributed by atoms with Gasteiger partial charge in [-0.05, 0) is 31.1 Å². The number of nitrogens with zero attached hydrogens (tertiary/aromatic N) is 2. The lowest BCUT2D eigenvalue weighted by Gasteiger charge is -2.23. The third-order valence-corrected chi connectivity index (χ3v) is 4.16. The largest absolute Gasteiger partial charge is 0.481 e. The molecule has 1 aromatic rings. The van der Waals surface area contributed by atoms with Crippen LogP contribution in [0.1, 0.15) is 57.7 Å². The summed E-state index contributed by atoms with van der Waals surface area (Å²) in [4.78, 5) is 15.0. The van der Waals surface area contributed by atoms with Crippen LogP contribution in [0.3, 0.4) is 0 Å². The molecule has 0 saturated heterocycles. The van der Waals surface area contributed by atoms with Crippen molar-refractivity contribution in [3.05, 3.63) is 5.82 Å². The fraction of sp³-hybridized carbons (Fsp3) is 0.769. The van der Waals surface area contributed by atoms with Gasteiger partial charge in [0.25, 0.3) is 0 Å². The van der Waals surface area contributed by atoms with Crippen molar-refractivity contribution in [2.45, 2.75) is 51.9 Å². The molecule has 2 N–H and O–H groups in total. The molecule has 106 valence electrons. The average Bonchev–Trinajstić information content (AvgIpc) is 3.08. The third kappa shape index (κ3) is 4.78. The first kappa shape index (κ1) is 14.2. The maximum atomic E-state index is 10.6. The van der Waals surface area contributed by atoms with Crippen LogP contribution in [0, 0.1) is 5.41 Å². The van der Waals surface area contributed by atoms with Crippen LogP contribution in [0.25, 0.3) is 0 Å². The monoisotopic (exact) mass is 283 g/mol. The summed E-state index contributed by atoms with van der Waals surface area (Å²) in [6.45, 7) is 5.02. The second-order valence-corrected chi connectivity index (χ2v) is 6.72.